The van der Waals surface area contributed by atoms with Crippen LogP contribution in [0.2, 0.25) is 0 Å². The van der Waals surface area contributed by atoms with E-state index in [1.54, 1.807) is 6.08 Å². The minimum atomic E-state index is -0.375. The fourth-order valence-corrected chi connectivity index (χ4v) is 2.87. The zero-order valence-corrected chi connectivity index (χ0v) is 15.4. The number of rotatable bonds is 4. The van der Waals surface area contributed by atoms with Gasteiger partial charge in [0, 0.05) is 5.70 Å². The molecule has 0 amide bonds. The molecule has 0 radical (unpaired) electrons. The second-order valence-electron chi connectivity index (χ2n) is 6.83. The van der Waals surface area contributed by atoms with E-state index in [1.165, 1.54) is 5.56 Å². The van der Waals surface area contributed by atoms with Gasteiger partial charge in [0.05, 0.1) is 11.6 Å². The fraction of sp³-hybridized carbons (Fsp3) is 0.368. The van der Waals surface area contributed by atoms with Crippen molar-refractivity contribution in [2.24, 2.45) is 0 Å². The third-order valence-electron chi connectivity index (χ3n) is 3.93. The van der Waals surface area contributed by atoms with E-state index in [2.05, 4.69) is 50.1 Å². The van der Waals surface area contributed by atoms with Crippen LogP contribution in [0.3, 0.4) is 0 Å². The maximum absolute atomic E-state index is 12.4. The first-order chi connectivity index (χ1) is 11.2. The molecule has 1 heterocycles. The van der Waals surface area contributed by atoms with Crippen LogP contribution in [-0.4, -0.2) is 17.7 Å². The first-order valence-corrected chi connectivity index (χ1v) is 8.31. The summed E-state index contributed by atoms with van der Waals surface area (Å²) in [5, 5.41) is 6.66. The highest BCUT2D eigenvalue weighted by atomic mass is 32.1. The quantitative estimate of drug-likeness (QED) is 0.497. The summed E-state index contributed by atoms with van der Waals surface area (Å²) in [6.07, 6.45) is 1.55. The first-order valence-electron chi connectivity index (χ1n) is 7.90. The highest BCUT2D eigenvalue weighted by Gasteiger charge is 2.31. The summed E-state index contributed by atoms with van der Waals surface area (Å²) in [6, 6.07) is 7.90. The fourth-order valence-electron chi connectivity index (χ4n) is 2.60. The van der Waals surface area contributed by atoms with Gasteiger partial charge in [0.2, 0.25) is 0 Å². The van der Waals surface area contributed by atoms with Crippen molar-refractivity contribution in [2.75, 3.05) is 6.61 Å². The number of hydrogen-bond donors (Lipinski definition) is 2. The van der Waals surface area contributed by atoms with Crippen molar-refractivity contribution in [1.29, 1.82) is 0 Å². The molecule has 128 valence electrons. The van der Waals surface area contributed by atoms with Crippen LogP contribution in [0, 0.1) is 0 Å². The summed E-state index contributed by atoms with van der Waals surface area (Å²) in [6.45, 7) is 12.1. The van der Waals surface area contributed by atoms with E-state index in [0.29, 0.717) is 16.4 Å². The SMILES string of the molecule is C=CCOC(=O)C1=C(C)NC(=S)NC1c1ccc(C(C)(C)C)cc1. The zero-order valence-electron chi connectivity index (χ0n) is 14.6. The second kappa shape index (κ2) is 7.18. The lowest BCUT2D eigenvalue weighted by Crippen LogP contribution is -2.45. The van der Waals surface area contributed by atoms with Crippen molar-refractivity contribution in [2.45, 2.75) is 39.2 Å². The Bertz CT molecular complexity index is 684. The molecule has 0 aliphatic carbocycles. The lowest BCUT2D eigenvalue weighted by atomic mass is 9.85. The average molecular weight is 344 g/mol. The maximum atomic E-state index is 12.4. The molecular weight excluding hydrogens is 320 g/mol. The predicted octanol–water partition coefficient (Wildman–Crippen LogP) is 3.51. The van der Waals surface area contributed by atoms with Crippen molar-refractivity contribution in [1.82, 2.24) is 10.6 Å². The number of nitrogens with one attached hydrogen (secondary N) is 2. The van der Waals surface area contributed by atoms with Gasteiger partial charge in [-0.25, -0.2) is 4.79 Å². The first kappa shape index (κ1) is 18.2. The molecule has 1 aliphatic heterocycles. The molecule has 1 atom stereocenters. The van der Waals surface area contributed by atoms with Crippen LogP contribution in [-0.2, 0) is 14.9 Å². The van der Waals surface area contributed by atoms with Crippen LogP contribution in [0.4, 0.5) is 0 Å². The molecule has 4 nitrogen and oxygen atoms in total. The number of carbonyl (C=O) groups is 1. The molecule has 2 rings (SSSR count). The summed E-state index contributed by atoms with van der Waals surface area (Å²) in [5.41, 5.74) is 3.52. The molecule has 1 aromatic rings. The van der Waals surface area contributed by atoms with Gasteiger partial charge in [-0.1, -0.05) is 57.7 Å². The van der Waals surface area contributed by atoms with Crippen molar-refractivity contribution < 1.29 is 9.53 Å². The smallest absolute Gasteiger partial charge is 0.338 e. The van der Waals surface area contributed by atoms with E-state index in [1.807, 2.05) is 19.1 Å². The molecule has 0 fully saturated rings. The molecule has 0 bridgehead atoms. The van der Waals surface area contributed by atoms with Crippen LogP contribution in [0.15, 0.2) is 48.2 Å². The minimum Gasteiger partial charge on any atom is -0.458 e. The van der Waals surface area contributed by atoms with E-state index in [0.717, 1.165) is 5.56 Å². The van der Waals surface area contributed by atoms with E-state index < -0.39 is 0 Å². The van der Waals surface area contributed by atoms with Gasteiger partial charge in [-0.2, -0.15) is 0 Å². The highest BCUT2D eigenvalue weighted by Crippen LogP contribution is 2.30. The summed E-state index contributed by atoms with van der Waals surface area (Å²) in [5.74, 6) is -0.375. The molecule has 0 saturated carbocycles. The molecule has 0 aromatic heterocycles. The zero-order chi connectivity index (χ0) is 17.9. The normalized spacial score (nSPS) is 17.8. The Hall–Kier alpha value is -2.14. The number of benzene rings is 1. The Kier molecular flexibility index (Phi) is 5.44. The van der Waals surface area contributed by atoms with E-state index >= 15 is 0 Å². The van der Waals surface area contributed by atoms with Crippen LogP contribution >= 0.6 is 12.2 Å². The minimum absolute atomic E-state index is 0.0762. The summed E-state index contributed by atoms with van der Waals surface area (Å²) in [7, 11) is 0. The topological polar surface area (TPSA) is 50.4 Å². The monoisotopic (exact) mass is 344 g/mol. The highest BCUT2D eigenvalue weighted by molar-refractivity contribution is 7.80. The van der Waals surface area contributed by atoms with E-state index in [-0.39, 0.29) is 24.0 Å². The predicted molar refractivity (Wildman–Crippen MR) is 101 cm³/mol. The summed E-state index contributed by atoms with van der Waals surface area (Å²) < 4.78 is 5.23. The van der Waals surface area contributed by atoms with Crippen molar-refractivity contribution >= 4 is 23.3 Å². The van der Waals surface area contributed by atoms with Gasteiger partial charge in [0.15, 0.2) is 5.11 Å². The van der Waals surface area contributed by atoms with E-state index in [9.17, 15) is 4.79 Å². The molecular formula is C19H24N2O2S. The lowest BCUT2D eigenvalue weighted by molar-refractivity contribution is -0.138. The number of thiocarbonyl (C=S) groups is 1. The lowest BCUT2D eigenvalue weighted by Gasteiger charge is -2.30. The molecule has 24 heavy (non-hydrogen) atoms. The Morgan fingerprint density at radius 1 is 1.33 bits per heavy atom. The van der Waals surface area contributed by atoms with Crippen molar-refractivity contribution in [3.05, 3.63) is 59.3 Å². The largest absolute Gasteiger partial charge is 0.458 e. The Labute approximate surface area is 149 Å². The molecule has 1 unspecified atom stereocenters. The molecule has 1 aromatic carbocycles. The Morgan fingerprint density at radius 2 is 1.96 bits per heavy atom. The van der Waals surface area contributed by atoms with E-state index in [4.69, 9.17) is 17.0 Å². The van der Waals surface area contributed by atoms with Crippen molar-refractivity contribution in [3.63, 3.8) is 0 Å². The van der Waals surface area contributed by atoms with Crippen LogP contribution in [0.25, 0.3) is 0 Å². The van der Waals surface area contributed by atoms with Gasteiger partial charge in [-0.15, -0.1) is 0 Å². The molecule has 0 saturated heterocycles. The number of ether oxygens (including phenoxy) is 1. The number of carbonyl (C=O) groups excluding carboxylic acids is 1. The average Bonchev–Trinajstić information content (AvgIpc) is 2.51. The molecule has 0 spiro atoms. The Morgan fingerprint density at radius 3 is 2.50 bits per heavy atom. The van der Waals surface area contributed by atoms with Crippen LogP contribution in [0.1, 0.15) is 44.9 Å². The van der Waals surface area contributed by atoms with Gasteiger partial charge >= 0.3 is 5.97 Å². The van der Waals surface area contributed by atoms with Gasteiger partial charge in [0.1, 0.15) is 6.61 Å². The molecule has 1 aliphatic rings. The van der Waals surface area contributed by atoms with Crippen molar-refractivity contribution in [3.8, 4) is 0 Å². The van der Waals surface area contributed by atoms with Gasteiger partial charge in [-0.3, -0.25) is 0 Å². The Balaban J connectivity index is 2.37. The van der Waals surface area contributed by atoms with Crippen LogP contribution < -0.4 is 10.6 Å². The summed E-state index contributed by atoms with van der Waals surface area (Å²) in [4.78, 5) is 12.4. The molecule has 2 N–H and O–H groups in total. The summed E-state index contributed by atoms with van der Waals surface area (Å²) >= 11 is 5.25. The molecule has 5 heteroatoms. The third-order valence-corrected chi connectivity index (χ3v) is 4.15. The van der Waals surface area contributed by atoms with Gasteiger partial charge in [0.25, 0.3) is 0 Å². The second-order valence-corrected chi connectivity index (χ2v) is 7.24. The third kappa shape index (κ3) is 4.03. The number of esters is 1. The number of hydrogen-bond acceptors (Lipinski definition) is 3. The van der Waals surface area contributed by atoms with Crippen LogP contribution in [0.5, 0.6) is 0 Å². The standard InChI is InChI=1S/C19H24N2O2S/c1-6-11-23-17(22)15-12(2)20-18(24)21-16(15)13-7-9-14(10-8-13)19(3,4)5/h6-10,16H,1,11H2,2-5H3,(H2,20,21,24). The maximum Gasteiger partial charge on any atom is 0.338 e. The van der Waals surface area contributed by atoms with Gasteiger partial charge < -0.3 is 15.4 Å². The number of allylic oxidation sites excluding steroid dienone is 1. The van der Waals surface area contributed by atoms with Gasteiger partial charge in [-0.05, 0) is 35.7 Å².